The molecule has 2 aromatic rings. The fourth-order valence-corrected chi connectivity index (χ4v) is 1.29. The normalized spacial score (nSPS) is 10.9. The molecule has 0 atom stereocenters. The van der Waals surface area contributed by atoms with Crippen LogP contribution in [-0.2, 0) is 6.67 Å². The van der Waals surface area contributed by atoms with E-state index in [2.05, 4.69) is 20.2 Å². The summed E-state index contributed by atoms with van der Waals surface area (Å²) in [6.07, 6.45) is 0. The molecule has 0 aromatic carbocycles. The number of H-pyrrole nitrogens is 2. The van der Waals surface area contributed by atoms with Gasteiger partial charge >= 0.3 is 0 Å². The van der Waals surface area contributed by atoms with E-state index in [1.807, 2.05) is 0 Å². The Bertz CT molecular complexity index is 543. The van der Waals surface area contributed by atoms with Crippen LogP contribution < -0.4 is 10.5 Å². The second kappa shape index (κ2) is 3.34. The number of aromatic nitrogens is 4. The molecule has 0 aliphatic carbocycles. The molecule has 7 heteroatoms. The molecule has 0 amide bonds. The van der Waals surface area contributed by atoms with Crippen LogP contribution in [0.15, 0.2) is 4.79 Å². The highest BCUT2D eigenvalue weighted by molar-refractivity contribution is 5.77. The van der Waals surface area contributed by atoms with E-state index in [0.29, 0.717) is 5.95 Å². The van der Waals surface area contributed by atoms with E-state index < -0.39 is 6.67 Å². The molecule has 80 valence electrons. The van der Waals surface area contributed by atoms with Gasteiger partial charge < -0.3 is 4.90 Å². The van der Waals surface area contributed by atoms with E-state index in [1.54, 1.807) is 19.0 Å². The topological polar surface area (TPSA) is 77.7 Å². The number of halogens is 1. The van der Waals surface area contributed by atoms with Gasteiger partial charge in [-0.05, 0) is 0 Å². The first-order valence-electron chi connectivity index (χ1n) is 4.34. The Morgan fingerprint density at radius 3 is 2.80 bits per heavy atom. The van der Waals surface area contributed by atoms with Gasteiger partial charge in [-0.1, -0.05) is 0 Å². The maximum Gasteiger partial charge on any atom is 0.263 e. The molecule has 0 fully saturated rings. The lowest BCUT2D eigenvalue weighted by Gasteiger charge is -2.09. The van der Waals surface area contributed by atoms with Crippen LogP contribution in [0.4, 0.5) is 10.3 Å². The van der Waals surface area contributed by atoms with Crippen LogP contribution >= 0.6 is 0 Å². The molecule has 0 saturated heterocycles. The zero-order valence-electron chi connectivity index (χ0n) is 8.33. The van der Waals surface area contributed by atoms with Crippen molar-refractivity contribution in [2.24, 2.45) is 0 Å². The Labute approximate surface area is 84.1 Å². The molecular formula is C8H10FN5O. The van der Waals surface area contributed by atoms with Crippen molar-refractivity contribution >= 4 is 17.0 Å². The van der Waals surface area contributed by atoms with E-state index >= 15 is 0 Å². The van der Waals surface area contributed by atoms with Crippen LogP contribution in [0.3, 0.4) is 0 Å². The minimum Gasteiger partial charge on any atom is -0.348 e. The molecule has 2 rings (SSSR count). The van der Waals surface area contributed by atoms with Gasteiger partial charge in [0.1, 0.15) is 12.1 Å². The van der Waals surface area contributed by atoms with E-state index in [1.165, 1.54) is 0 Å². The average Bonchev–Trinajstić information content (AvgIpc) is 2.60. The average molecular weight is 211 g/mol. The molecule has 15 heavy (non-hydrogen) atoms. The van der Waals surface area contributed by atoms with Crippen LogP contribution in [-0.4, -0.2) is 34.3 Å². The minimum atomic E-state index is -0.761. The van der Waals surface area contributed by atoms with Crippen molar-refractivity contribution in [3.63, 3.8) is 0 Å². The van der Waals surface area contributed by atoms with Crippen molar-refractivity contribution in [2.75, 3.05) is 19.0 Å². The number of nitrogens with one attached hydrogen (secondary N) is 2. The molecule has 0 aliphatic rings. The molecule has 2 aromatic heterocycles. The van der Waals surface area contributed by atoms with E-state index in [0.717, 1.165) is 0 Å². The van der Waals surface area contributed by atoms with Crippen molar-refractivity contribution in [3.05, 3.63) is 16.0 Å². The zero-order valence-corrected chi connectivity index (χ0v) is 8.33. The highest BCUT2D eigenvalue weighted by Gasteiger charge is 2.12. The second-order valence-corrected chi connectivity index (χ2v) is 3.32. The number of anilines is 1. The van der Waals surface area contributed by atoms with Gasteiger partial charge in [0, 0.05) is 14.1 Å². The maximum atomic E-state index is 12.5. The van der Waals surface area contributed by atoms with Crippen LogP contribution in [0.5, 0.6) is 0 Å². The number of rotatable bonds is 2. The van der Waals surface area contributed by atoms with Crippen molar-refractivity contribution in [1.82, 2.24) is 20.2 Å². The number of hydrogen-bond acceptors (Lipinski definition) is 4. The highest BCUT2D eigenvalue weighted by Crippen LogP contribution is 2.11. The molecule has 0 aliphatic heterocycles. The second-order valence-electron chi connectivity index (χ2n) is 3.32. The molecule has 0 bridgehead atoms. The molecule has 6 nitrogen and oxygen atoms in total. The van der Waals surface area contributed by atoms with Crippen LogP contribution in [0, 0.1) is 0 Å². The fraction of sp³-hybridized carbons (Fsp3) is 0.375. The van der Waals surface area contributed by atoms with Crippen molar-refractivity contribution in [1.29, 1.82) is 0 Å². The summed E-state index contributed by atoms with van der Waals surface area (Å²) in [4.78, 5) is 19.8. The predicted molar refractivity (Wildman–Crippen MR) is 53.6 cm³/mol. The summed E-state index contributed by atoms with van der Waals surface area (Å²) >= 11 is 0. The Balaban J connectivity index is 2.75. The molecule has 0 spiro atoms. The van der Waals surface area contributed by atoms with Gasteiger partial charge in [-0.2, -0.15) is 10.1 Å². The lowest BCUT2D eigenvalue weighted by Crippen LogP contribution is -2.18. The third-order valence-corrected chi connectivity index (χ3v) is 2.04. The van der Waals surface area contributed by atoms with Crippen LogP contribution in [0.2, 0.25) is 0 Å². The third kappa shape index (κ3) is 1.45. The standard InChI is InChI=1S/C8H10FN5O/c1-14(2)8-10-6-5(7(15)11-8)4(3-9)12-13-6/h3H2,1-2H3,(H2,10,11,12,13,15). The van der Waals surface area contributed by atoms with Crippen LogP contribution in [0.25, 0.3) is 11.0 Å². The Kier molecular flexibility index (Phi) is 2.14. The first kappa shape index (κ1) is 9.63. The SMILES string of the molecule is CN(C)c1nc2n[nH]c(CF)c2c(=O)[nH]1. The first-order valence-corrected chi connectivity index (χ1v) is 4.34. The molecular weight excluding hydrogens is 201 g/mol. The highest BCUT2D eigenvalue weighted by atomic mass is 19.1. The first-order chi connectivity index (χ1) is 7.13. The summed E-state index contributed by atoms with van der Waals surface area (Å²) in [6, 6.07) is 0. The Morgan fingerprint density at radius 2 is 2.20 bits per heavy atom. The quantitative estimate of drug-likeness (QED) is 0.742. The van der Waals surface area contributed by atoms with E-state index in [4.69, 9.17) is 0 Å². The smallest absolute Gasteiger partial charge is 0.263 e. The van der Waals surface area contributed by atoms with Crippen molar-refractivity contribution in [3.8, 4) is 0 Å². The van der Waals surface area contributed by atoms with Crippen LogP contribution in [0.1, 0.15) is 5.69 Å². The van der Waals surface area contributed by atoms with Gasteiger partial charge in [-0.3, -0.25) is 14.9 Å². The summed E-state index contributed by atoms with van der Waals surface area (Å²) in [5.41, 5.74) is 0.00394. The molecule has 0 radical (unpaired) electrons. The van der Waals surface area contributed by atoms with Crippen molar-refractivity contribution in [2.45, 2.75) is 6.67 Å². The molecule has 0 unspecified atom stereocenters. The number of hydrogen-bond donors (Lipinski definition) is 2. The monoisotopic (exact) mass is 211 g/mol. The number of nitrogens with zero attached hydrogens (tertiary/aromatic N) is 3. The Hall–Kier alpha value is -1.92. The van der Waals surface area contributed by atoms with Crippen molar-refractivity contribution < 1.29 is 4.39 Å². The summed E-state index contributed by atoms with van der Waals surface area (Å²) in [5.74, 6) is 0.393. The summed E-state index contributed by atoms with van der Waals surface area (Å²) < 4.78 is 12.5. The largest absolute Gasteiger partial charge is 0.348 e. The lowest BCUT2D eigenvalue weighted by molar-refractivity contribution is 0.477. The Morgan fingerprint density at radius 1 is 1.47 bits per heavy atom. The van der Waals surface area contributed by atoms with Gasteiger partial charge in [0.05, 0.1) is 5.69 Å². The zero-order chi connectivity index (χ0) is 11.0. The molecule has 2 heterocycles. The summed E-state index contributed by atoms with van der Waals surface area (Å²) in [7, 11) is 3.49. The van der Waals surface area contributed by atoms with Gasteiger partial charge in [0.25, 0.3) is 5.56 Å². The van der Waals surface area contributed by atoms with Gasteiger partial charge in [0.2, 0.25) is 5.95 Å². The van der Waals surface area contributed by atoms with Gasteiger partial charge in [-0.15, -0.1) is 0 Å². The number of aromatic amines is 2. The molecule has 0 saturated carbocycles. The summed E-state index contributed by atoms with van der Waals surface area (Å²) in [6.45, 7) is -0.761. The predicted octanol–water partition coefficient (Wildman–Crippen LogP) is 0.182. The van der Waals surface area contributed by atoms with E-state index in [-0.39, 0.29) is 22.3 Å². The summed E-state index contributed by atoms with van der Waals surface area (Å²) in [5, 5.41) is 6.40. The number of fused-ring (bicyclic) bond motifs is 1. The van der Waals surface area contributed by atoms with E-state index in [9.17, 15) is 9.18 Å². The minimum absolute atomic E-state index is 0.157. The third-order valence-electron chi connectivity index (χ3n) is 2.04. The van der Waals surface area contributed by atoms with Gasteiger partial charge in [-0.25, -0.2) is 4.39 Å². The maximum absolute atomic E-state index is 12.5. The molecule has 2 N–H and O–H groups in total. The lowest BCUT2D eigenvalue weighted by atomic mass is 10.3. The fourth-order valence-electron chi connectivity index (χ4n) is 1.29. The van der Waals surface area contributed by atoms with Gasteiger partial charge in [0.15, 0.2) is 5.65 Å². The number of alkyl halides is 1.